The summed E-state index contributed by atoms with van der Waals surface area (Å²) in [5, 5.41) is 25.6. The van der Waals surface area contributed by atoms with Crippen molar-refractivity contribution < 1.29 is 34.2 Å². The third kappa shape index (κ3) is 8.91. The summed E-state index contributed by atoms with van der Waals surface area (Å²) in [4.78, 5) is 59.7. The van der Waals surface area contributed by atoms with E-state index < -0.39 is 66.8 Å². The number of thiol groups is 1. The predicted molar refractivity (Wildman–Crippen MR) is 116 cm³/mol. The number of carbonyl (C=O) groups is 5. The van der Waals surface area contributed by atoms with Crippen molar-refractivity contribution in [3.05, 3.63) is 35.9 Å². The second-order valence-electron chi connectivity index (χ2n) is 6.85. The first kappa shape index (κ1) is 26.9. The van der Waals surface area contributed by atoms with E-state index >= 15 is 0 Å². The molecule has 0 aliphatic rings. The van der Waals surface area contributed by atoms with E-state index in [4.69, 9.17) is 11.5 Å². The van der Waals surface area contributed by atoms with Gasteiger partial charge in [0.1, 0.15) is 18.1 Å². The summed E-state index contributed by atoms with van der Waals surface area (Å²) in [5.74, 6) is -5.00. The van der Waals surface area contributed by atoms with Gasteiger partial charge in [0, 0.05) is 12.2 Å². The van der Waals surface area contributed by atoms with Crippen LogP contribution in [0.2, 0.25) is 0 Å². The number of amides is 4. The quantitative estimate of drug-likeness (QED) is 0.138. The van der Waals surface area contributed by atoms with Gasteiger partial charge in [0.15, 0.2) is 0 Å². The molecule has 0 fully saturated rings. The van der Waals surface area contributed by atoms with E-state index in [0.29, 0.717) is 5.56 Å². The molecule has 0 aliphatic carbocycles. The van der Waals surface area contributed by atoms with Crippen LogP contribution in [0.3, 0.4) is 0 Å². The fourth-order valence-corrected chi connectivity index (χ4v) is 2.73. The van der Waals surface area contributed by atoms with E-state index in [-0.39, 0.29) is 12.2 Å². The van der Waals surface area contributed by atoms with Crippen molar-refractivity contribution in [3.8, 4) is 0 Å². The monoisotopic (exact) mass is 469 g/mol. The van der Waals surface area contributed by atoms with E-state index in [9.17, 15) is 34.2 Å². The van der Waals surface area contributed by atoms with Crippen LogP contribution in [0.1, 0.15) is 12.0 Å². The van der Waals surface area contributed by atoms with Gasteiger partial charge in [0.25, 0.3) is 0 Å². The molecule has 9 N–H and O–H groups in total. The summed E-state index contributed by atoms with van der Waals surface area (Å²) in [6.45, 7) is -0.872. The zero-order valence-electron chi connectivity index (χ0n) is 17.1. The molecule has 0 saturated heterocycles. The number of carboxylic acid groups (broad SMARTS) is 1. The zero-order chi connectivity index (χ0) is 24.3. The molecule has 4 amide bonds. The van der Waals surface area contributed by atoms with Crippen LogP contribution in [0.4, 0.5) is 0 Å². The van der Waals surface area contributed by atoms with E-state index in [1.807, 2.05) is 0 Å². The van der Waals surface area contributed by atoms with Gasteiger partial charge in [-0.2, -0.15) is 12.6 Å². The molecule has 0 aliphatic heterocycles. The molecule has 0 aromatic heterocycles. The molecule has 1 rings (SSSR count). The second-order valence-corrected chi connectivity index (χ2v) is 7.22. The minimum Gasteiger partial charge on any atom is -0.480 e. The summed E-state index contributed by atoms with van der Waals surface area (Å²) >= 11 is 3.87. The molecule has 1 aromatic rings. The van der Waals surface area contributed by atoms with Crippen LogP contribution in [0.5, 0.6) is 0 Å². The highest BCUT2D eigenvalue weighted by Gasteiger charge is 2.30. The summed E-state index contributed by atoms with van der Waals surface area (Å²) in [6.07, 6.45) is -0.627. The van der Waals surface area contributed by atoms with Gasteiger partial charge in [-0.1, -0.05) is 30.3 Å². The van der Waals surface area contributed by atoms with Gasteiger partial charge in [0.2, 0.25) is 23.6 Å². The van der Waals surface area contributed by atoms with Gasteiger partial charge in [0.05, 0.1) is 19.1 Å². The average Bonchev–Trinajstić information content (AvgIpc) is 2.75. The first-order valence-corrected chi connectivity index (χ1v) is 10.2. The van der Waals surface area contributed by atoms with Crippen molar-refractivity contribution in [3.63, 3.8) is 0 Å². The number of carbonyl (C=O) groups excluding carboxylic acids is 4. The standard InChI is InChI=1S/C19H27N5O7S/c20-11(9-32)16(27)22-12(7-15(21)26)17(28)24-14(8-25)18(29)23-13(19(30)31)6-10-4-2-1-3-5-10/h1-5,11-14,25,32H,6-9,20H2,(H2,21,26)(H,22,27)(H,23,29)(H,24,28)(H,30,31). The normalized spacial score (nSPS) is 14.3. The molecule has 0 bridgehead atoms. The smallest absolute Gasteiger partial charge is 0.326 e. The van der Waals surface area contributed by atoms with Gasteiger partial charge >= 0.3 is 5.97 Å². The lowest BCUT2D eigenvalue weighted by Gasteiger charge is -2.23. The molecule has 13 heteroatoms. The number of primary amides is 1. The van der Waals surface area contributed by atoms with Crippen molar-refractivity contribution >= 4 is 42.2 Å². The number of benzene rings is 1. The number of hydrogen-bond donors (Lipinski definition) is 8. The summed E-state index contributed by atoms with van der Waals surface area (Å²) in [5.41, 5.74) is 11.3. The minimum atomic E-state index is -1.55. The Kier molecular flexibility index (Phi) is 11.2. The summed E-state index contributed by atoms with van der Waals surface area (Å²) < 4.78 is 0. The number of carboxylic acids is 1. The fourth-order valence-electron chi connectivity index (χ4n) is 2.56. The molecular formula is C19H27N5O7S. The highest BCUT2D eigenvalue weighted by molar-refractivity contribution is 7.80. The lowest BCUT2D eigenvalue weighted by atomic mass is 10.1. The van der Waals surface area contributed by atoms with Crippen molar-refractivity contribution in [2.45, 2.75) is 37.0 Å². The van der Waals surface area contributed by atoms with Crippen LogP contribution >= 0.6 is 12.6 Å². The second kappa shape index (κ2) is 13.3. The molecule has 32 heavy (non-hydrogen) atoms. The number of rotatable bonds is 13. The molecule has 0 radical (unpaired) electrons. The molecule has 1 aromatic carbocycles. The maximum Gasteiger partial charge on any atom is 0.326 e. The SMILES string of the molecule is NC(=O)CC(NC(=O)C(N)CS)C(=O)NC(CO)C(=O)NC(Cc1ccccc1)C(=O)O. The Morgan fingerprint density at radius 2 is 1.44 bits per heavy atom. The lowest BCUT2D eigenvalue weighted by Crippen LogP contribution is -2.59. The molecule has 4 atom stereocenters. The van der Waals surface area contributed by atoms with Crippen LogP contribution in [-0.4, -0.2) is 76.3 Å². The topological polar surface area (TPSA) is 214 Å². The zero-order valence-corrected chi connectivity index (χ0v) is 18.0. The van der Waals surface area contributed by atoms with E-state index in [0.717, 1.165) is 0 Å². The highest BCUT2D eigenvalue weighted by atomic mass is 32.1. The number of nitrogens with two attached hydrogens (primary N) is 2. The molecule has 0 heterocycles. The Morgan fingerprint density at radius 3 is 1.94 bits per heavy atom. The van der Waals surface area contributed by atoms with Crippen LogP contribution in [0.15, 0.2) is 30.3 Å². The number of aliphatic hydroxyl groups is 1. The Labute approximate surface area is 189 Å². The predicted octanol–water partition coefficient (Wildman–Crippen LogP) is -3.11. The summed E-state index contributed by atoms with van der Waals surface area (Å²) in [6, 6.07) is 3.12. The van der Waals surface area contributed by atoms with E-state index in [1.54, 1.807) is 30.3 Å². The van der Waals surface area contributed by atoms with Gasteiger partial charge in [-0.25, -0.2) is 4.79 Å². The van der Waals surface area contributed by atoms with E-state index in [1.165, 1.54) is 0 Å². The first-order chi connectivity index (χ1) is 15.1. The van der Waals surface area contributed by atoms with E-state index in [2.05, 4.69) is 28.6 Å². The van der Waals surface area contributed by atoms with Crippen molar-refractivity contribution in [1.82, 2.24) is 16.0 Å². The van der Waals surface area contributed by atoms with Crippen molar-refractivity contribution in [2.24, 2.45) is 11.5 Å². The molecular weight excluding hydrogens is 442 g/mol. The van der Waals surface area contributed by atoms with Gasteiger partial charge in [-0.15, -0.1) is 0 Å². The number of hydrogen-bond acceptors (Lipinski definition) is 8. The van der Waals surface area contributed by atoms with Gasteiger partial charge in [-0.05, 0) is 5.56 Å². The maximum absolute atomic E-state index is 12.5. The average molecular weight is 470 g/mol. The Bertz CT molecular complexity index is 824. The lowest BCUT2D eigenvalue weighted by molar-refractivity contribution is -0.142. The molecule has 12 nitrogen and oxygen atoms in total. The van der Waals surface area contributed by atoms with Gasteiger partial charge < -0.3 is 37.6 Å². The van der Waals surface area contributed by atoms with Crippen molar-refractivity contribution in [2.75, 3.05) is 12.4 Å². The third-order valence-electron chi connectivity index (χ3n) is 4.28. The fraction of sp³-hybridized carbons (Fsp3) is 0.421. The Morgan fingerprint density at radius 1 is 0.906 bits per heavy atom. The maximum atomic E-state index is 12.5. The number of aliphatic hydroxyl groups excluding tert-OH is 1. The van der Waals surface area contributed by atoms with Gasteiger partial charge in [-0.3, -0.25) is 19.2 Å². The van der Waals surface area contributed by atoms with Crippen LogP contribution in [-0.2, 0) is 30.4 Å². The van der Waals surface area contributed by atoms with Crippen molar-refractivity contribution in [1.29, 1.82) is 0 Å². The highest BCUT2D eigenvalue weighted by Crippen LogP contribution is 2.04. The molecule has 0 saturated carbocycles. The first-order valence-electron chi connectivity index (χ1n) is 9.52. The molecule has 0 spiro atoms. The van der Waals surface area contributed by atoms with Crippen LogP contribution in [0.25, 0.3) is 0 Å². The Hall–Kier alpha value is -3.16. The number of nitrogens with one attached hydrogen (secondary N) is 3. The number of aliphatic carboxylic acids is 1. The Balaban J connectivity index is 2.86. The third-order valence-corrected chi connectivity index (χ3v) is 4.68. The summed E-state index contributed by atoms with van der Waals surface area (Å²) in [7, 11) is 0. The van der Waals surface area contributed by atoms with Crippen LogP contribution < -0.4 is 27.4 Å². The van der Waals surface area contributed by atoms with Crippen LogP contribution in [0, 0.1) is 0 Å². The largest absolute Gasteiger partial charge is 0.480 e. The molecule has 176 valence electrons. The molecule has 4 unspecified atom stereocenters. The minimum absolute atomic E-state index is 0.0313.